The van der Waals surface area contributed by atoms with Crippen molar-refractivity contribution in [1.29, 1.82) is 0 Å². The third kappa shape index (κ3) is 4.02. The van der Waals surface area contributed by atoms with Crippen molar-refractivity contribution in [2.24, 2.45) is 0 Å². The number of nitrogens with zero attached hydrogens (tertiary/aromatic N) is 1. The number of halogens is 1. The fraction of sp³-hybridized carbons (Fsp3) is 0.231. The lowest BCUT2D eigenvalue weighted by Crippen LogP contribution is -2.30. The van der Waals surface area contributed by atoms with Crippen LogP contribution in [0.2, 0.25) is 5.02 Å². The van der Waals surface area contributed by atoms with Crippen LogP contribution in [0.4, 0.5) is 5.69 Å². The summed E-state index contributed by atoms with van der Waals surface area (Å²) in [6.45, 7) is 7.80. The molecule has 1 atom stereocenters. The third-order valence-corrected chi connectivity index (χ3v) is 5.90. The van der Waals surface area contributed by atoms with Crippen molar-refractivity contribution < 1.29 is 23.8 Å². The molecule has 1 saturated heterocycles. The smallest absolute Gasteiger partial charge is 0.300 e. The summed E-state index contributed by atoms with van der Waals surface area (Å²) in [5.41, 5.74) is 2.69. The number of hydrogen-bond donors (Lipinski definition) is 1. The molecule has 33 heavy (non-hydrogen) atoms. The van der Waals surface area contributed by atoms with Crippen LogP contribution in [-0.4, -0.2) is 23.4 Å². The largest absolute Gasteiger partial charge is 0.507 e. The standard InChI is InChI=1S/C26H24ClNO5/c1-5-32-21-13-17(8-9-18(21)27)24(29)22-23(20-11-7-16(4)33-20)28(26(31)25(22)30)19-10-6-14(2)12-15(19)3/h6-13,23,29H,5H2,1-4H3/b24-22-. The van der Waals surface area contributed by atoms with Gasteiger partial charge >= 0.3 is 0 Å². The van der Waals surface area contributed by atoms with Gasteiger partial charge in [-0.25, -0.2) is 0 Å². The second kappa shape index (κ2) is 8.79. The Morgan fingerprint density at radius 2 is 1.85 bits per heavy atom. The number of ketones is 1. The Labute approximate surface area is 197 Å². The SMILES string of the molecule is CCOc1cc(/C(O)=C2/C(=O)C(=O)N(c3ccc(C)cc3C)C2c2ccc(C)o2)ccc1Cl. The van der Waals surface area contributed by atoms with E-state index in [-0.39, 0.29) is 11.3 Å². The predicted octanol–water partition coefficient (Wildman–Crippen LogP) is 5.88. The van der Waals surface area contributed by atoms with Crippen LogP contribution >= 0.6 is 11.6 Å². The monoisotopic (exact) mass is 465 g/mol. The first kappa shape index (κ1) is 22.7. The van der Waals surface area contributed by atoms with Crippen LogP contribution in [0, 0.1) is 20.8 Å². The van der Waals surface area contributed by atoms with Gasteiger partial charge in [-0.15, -0.1) is 0 Å². The van der Waals surface area contributed by atoms with Gasteiger partial charge in [0.25, 0.3) is 11.7 Å². The Hall–Kier alpha value is -3.51. The molecule has 1 aliphatic rings. The van der Waals surface area contributed by atoms with Gasteiger partial charge in [0, 0.05) is 11.3 Å². The molecule has 0 saturated carbocycles. The van der Waals surface area contributed by atoms with Crippen LogP contribution in [0.1, 0.15) is 41.2 Å². The fourth-order valence-corrected chi connectivity index (χ4v) is 4.27. The molecular weight excluding hydrogens is 442 g/mol. The first-order valence-electron chi connectivity index (χ1n) is 10.6. The van der Waals surface area contributed by atoms with Gasteiger partial charge in [-0.05, 0) is 69.7 Å². The Balaban J connectivity index is 1.94. The molecule has 170 valence electrons. The third-order valence-electron chi connectivity index (χ3n) is 5.59. The molecule has 1 fully saturated rings. The van der Waals surface area contributed by atoms with Gasteiger partial charge in [-0.3, -0.25) is 14.5 Å². The maximum absolute atomic E-state index is 13.2. The zero-order valence-electron chi connectivity index (χ0n) is 18.8. The maximum atomic E-state index is 13.2. The predicted molar refractivity (Wildman–Crippen MR) is 127 cm³/mol. The van der Waals surface area contributed by atoms with Gasteiger partial charge in [0.15, 0.2) is 0 Å². The Bertz CT molecular complexity index is 1290. The van der Waals surface area contributed by atoms with E-state index in [1.165, 1.54) is 4.90 Å². The molecule has 1 N–H and O–H groups in total. The quantitative estimate of drug-likeness (QED) is 0.289. The molecule has 7 heteroatoms. The summed E-state index contributed by atoms with van der Waals surface area (Å²) >= 11 is 6.18. The number of benzene rings is 2. The molecule has 0 radical (unpaired) electrons. The van der Waals surface area contributed by atoms with Crippen LogP contribution in [0.3, 0.4) is 0 Å². The van der Waals surface area contributed by atoms with Crippen molar-refractivity contribution in [3.8, 4) is 5.75 Å². The van der Waals surface area contributed by atoms with Gasteiger partial charge in [0.1, 0.15) is 29.1 Å². The number of amides is 1. The van der Waals surface area contributed by atoms with Crippen molar-refractivity contribution in [3.63, 3.8) is 0 Å². The zero-order chi connectivity index (χ0) is 23.9. The summed E-state index contributed by atoms with van der Waals surface area (Å²) < 4.78 is 11.4. The number of hydrogen-bond acceptors (Lipinski definition) is 5. The molecule has 1 aliphatic heterocycles. The number of ether oxygens (including phenoxy) is 1. The number of carbonyl (C=O) groups is 2. The molecule has 2 aromatic carbocycles. The van der Waals surface area contributed by atoms with E-state index >= 15 is 0 Å². The number of aliphatic hydroxyl groups is 1. The highest BCUT2D eigenvalue weighted by molar-refractivity contribution is 6.51. The molecule has 0 spiro atoms. The lowest BCUT2D eigenvalue weighted by Gasteiger charge is -2.25. The average molecular weight is 466 g/mol. The summed E-state index contributed by atoms with van der Waals surface area (Å²) in [4.78, 5) is 27.9. The highest BCUT2D eigenvalue weighted by Crippen LogP contribution is 2.44. The van der Waals surface area contributed by atoms with E-state index in [1.54, 1.807) is 43.3 Å². The van der Waals surface area contributed by atoms with Crippen LogP contribution in [-0.2, 0) is 9.59 Å². The minimum Gasteiger partial charge on any atom is -0.507 e. The molecule has 1 aromatic heterocycles. The number of aryl methyl sites for hydroxylation is 3. The first-order chi connectivity index (χ1) is 15.7. The van der Waals surface area contributed by atoms with Crippen LogP contribution in [0.15, 0.2) is 58.5 Å². The average Bonchev–Trinajstić information content (AvgIpc) is 3.31. The van der Waals surface area contributed by atoms with E-state index in [1.807, 2.05) is 32.9 Å². The molecule has 6 nitrogen and oxygen atoms in total. The maximum Gasteiger partial charge on any atom is 0.300 e. The first-order valence-corrected chi connectivity index (χ1v) is 11.0. The molecule has 2 heterocycles. The number of furan rings is 1. The summed E-state index contributed by atoms with van der Waals surface area (Å²) in [6, 6.07) is 12.9. The van der Waals surface area contributed by atoms with Crippen molar-refractivity contribution >= 4 is 34.7 Å². The van der Waals surface area contributed by atoms with E-state index < -0.39 is 17.7 Å². The number of carbonyl (C=O) groups excluding carboxylic acids is 2. The van der Waals surface area contributed by atoms with E-state index in [9.17, 15) is 14.7 Å². The minimum absolute atomic E-state index is 0.0564. The van der Waals surface area contributed by atoms with Gasteiger partial charge in [-0.1, -0.05) is 29.3 Å². The normalized spacial score (nSPS) is 17.6. The molecular formula is C26H24ClNO5. The minimum atomic E-state index is -0.925. The topological polar surface area (TPSA) is 80.0 Å². The lowest BCUT2D eigenvalue weighted by molar-refractivity contribution is -0.132. The van der Waals surface area contributed by atoms with Crippen molar-refractivity contribution in [1.82, 2.24) is 0 Å². The lowest BCUT2D eigenvalue weighted by atomic mass is 9.98. The number of aliphatic hydroxyl groups excluding tert-OH is 1. The summed E-state index contributed by atoms with van der Waals surface area (Å²) in [5.74, 6) is -0.468. The Morgan fingerprint density at radius 3 is 2.48 bits per heavy atom. The van der Waals surface area contributed by atoms with Crippen molar-refractivity contribution in [2.75, 3.05) is 11.5 Å². The van der Waals surface area contributed by atoms with Crippen molar-refractivity contribution in [2.45, 2.75) is 33.7 Å². The van der Waals surface area contributed by atoms with Crippen molar-refractivity contribution in [3.05, 3.63) is 87.3 Å². The van der Waals surface area contributed by atoms with E-state index in [2.05, 4.69) is 0 Å². The van der Waals surface area contributed by atoms with Crippen LogP contribution < -0.4 is 9.64 Å². The highest BCUT2D eigenvalue weighted by atomic mass is 35.5. The summed E-state index contributed by atoms with van der Waals surface area (Å²) in [7, 11) is 0. The Kier molecular flexibility index (Phi) is 6.04. The van der Waals surface area contributed by atoms with Gasteiger partial charge < -0.3 is 14.3 Å². The van der Waals surface area contributed by atoms with E-state index in [0.717, 1.165) is 11.1 Å². The fourth-order valence-electron chi connectivity index (χ4n) is 4.10. The number of Topliss-reactive ketones (excluding diaryl/α,β-unsaturated/α-hetero) is 1. The summed E-state index contributed by atoms with van der Waals surface area (Å²) in [6.07, 6.45) is 0. The van der Waals surface area contributed by atoms with Gasteiger partial charge in [0.2, 0.25) is 0 Å². The molecule has 1 unspecified atom stereocenters. The molecule has 3 aromatic rings. The molecule has 4 rings (SSSR count). The van der Waals surface area contributed by atoms with E-state index in [0.29, 0.717) is 40.2 Å². The molecule has 0 aliphatic carbocycles. The van der Waals surface area contributed by atoms with Gasteiger partial charge in [-0.2, -0.15) is 0 Å². The van der Waals surface area contributed by atoms with Crippen LogP contribution in [0.5, 0.6) is 5.75 Å². The highest BCUT2D eigenvalue weighted by Gasteiger charge is 2.48. The second-order valence-electron chi connectivity index (χ2n) is 7.99. The zero-order valence-corrected chi connectivity index (χ0v) is 19.6. The van der Waals surface area contributed by atoms with Gasteiger partial charge in [0.05, 0.1) is 17.2 Å². The molecule has 1 amide bonds. The van der Waals surface area contributed by atoms with E-state index in [4.69, 9.17) is 20.8 Å². The Morgan fingerprint density at radius 1 is 1.09 bits per heavy atom. The van der Waals surface area contributed by atoms with Crippen LogP contribution in [0.25, 0.3) is 5.76 Å². The molecule has 0 bridgehead atoms. The number of anilines is 1. The number of rotatable bonds is 5. The second-order valence-corrected chi connectivity index (χ2v) is 8.39. The summed E-state index contributed by atoms with van der Waals surface area (Å²) in [5, 5.41) is 11.6.